The van der Waals surface area contributed by atoms with Crippen molar-refractivity contribution in [2.45, 2.75) is 20.3 Å². The second-order valence-electron chi connectivity index (χ2n) is 9.28. The third-order valence-corrected chi connectivity index (χ3v) is 7.15. The minimum absolute atomic E-state index is 0.0802. The molecule has 8 nitrogen and oxygen atoms in total. The normalized spacial score (nSPS) is 24.3. The van der Waals surface area contributed by atoms with Gasteiger partial charge in [0.1, 0.15) is 0 Å². The number of rotatable bonds is 6. The van der Waals surface area contributed by atoms with Crippen molar-refractivity contribution < 1.29 is 28.7 Å². The number of nitrogens with one attached hydrogen (secondary N) is 1. The first-order chi connectivity index (χ1) is 16.7. The monoisotopic (exact) mass is 472 g/mol. The number of carbonyl (C=O) groups excluding carboxylic acids is 5. The van der Waals surface area contributed by atoms with Crippen LogP contribution < -0.4 is 10.2 Å². The lowest BCUT2D eigenvalue weighted by Gasteiger charge is -2.19. The maximum atomic E-state index is 13.1. The second-order valence-corrected chi connectivity index (χ2v) is 9.28. The molecule has 0 aromatic heterocycles. The first-order valence-corrected chi connectivity index (χ1v) is 11.5. The standard InChI is InChI=1S/C27H24N2O6/c1-14-11-18-12-21(14)24-23(18)25(32)29(26(24)33)20-9-5-17(6-10-20)27(34)35-13-22(31)28-19-7-3-16(4-8-19)15(2)30/h3-11,18,21,23-24H,12-13H2,1-2H3,(H,28,31)/t18-,21+,23-,24-/m0/s1. The van der Waals surface area contributed by atoms with Gasteiger partial charge in [0.05, 0.1) is 23.1 Å². The number of hydrogen-bond acceptors (Lipinski definition) is 6. The third-order valence-electron chi connectivity index (χ3n) is 7.15. The number of fused-ring (bicyclic) bond motifs is 5. The van der Waals surface area contributed by atoms with Crippen LogP contribution in [0.1, 0.15) is 41.0 Å². The van der Waals surface area contributed by atoms with Crippen molar-refractivity contribution in [3.8, 4) is 0 Å². The Balaban J connectivity index is 1.18. The molecular weight excluding hydrogens is 448 g/mol. The summed E-state index contributed by atoms with van der Waals surface area (Å²) >= 11 is 0. The van der Waals surface area contributed by atoms with E-state index in [0.717, 1.165) is 6.42 Å². The average Bonchev–Trinajstić information content (AvgIpc) is 3.48. The molecule has 0 unspecified atom stereocenters. The predicted molar refractivity (Wildman–Crippen MR) is 127 cm³/mol. The van der Waals surface area contributed by atoms with E-state index in [-0.39, 0.29) is 46.8 Å². The second kappa shape index (κ2) is 8.61. The van der Waals surface area contributed by atoms with Crippen molar-refractivity contribution in [1.29, 1.82) is 0 Å². The Bertz CT molecular complexity index is 1280. The molecule has 3 aliphatic rings. The van der Waals surface area contributed by atoms with Gasteiger partial charge in [-0.2, -0.15) is 0 Å². The van der Waals surface area contributed by atoms with Crippen LogP contribution in [0.25, 0.3) is 0 Å². The van der Waals surface area contributed by atoms with Crippen molar-refractivity contribution in [1.82, 2.24) is 0 Å². The Morgan fingerprint density at radius 2 is 1.57 bits per heavy atom. The molecule has 1 aliphatic heterocycles. The summed E-state index contributed by atoms with van der Waals surface area (Å²) in [4.78, 5) is 63.1. The van der Waals surface area contributed by atoms with E-state index >= 15 is 0 Å². The molecule has 8 heteroatoms. The molecule has 1 heterocycles. The Morgan fingerprint density at radius 1 is 0.943 bits per heavy atom. The molecule has 178 valence electrons. The summed E-state index contributed by atoms with van der Waals surface area (Å²) in [5, 5.41) is 2.59. The van der Waals surface area contributed by atoms with Gasteiger partial charge in [-0.15, -0.1) is 0 Å². The van der Waals surface area contributed by atoms with Gasteiger partial charge in [0.25, 0.3) is 5.91 Å². The maximum Gasteiger partial charge on any atom is 0.338 e. The summed E-state index contributed by atoms with van der Waals surface area (Å²) in [6.45, 7) is 2.98. The van der Waals surface area contributed by atoms with Gasteiger partial charge >= 0.3 is 5.97 Å². The molecule has 5 rings (SSSR count). The topological polar surface area (TPSA) is 110 Å². The van der Waals surface area contributed by atoms with E-state index in [4.69, 9.17) is 4.74 Å². The summed E-state index contributed by atoms with van der Waals surface area (Å²) < 4.78 is 5.08. The number of benzene rings is 2. The van der Waals surface area contributed by atoms with Crippen LogP contribution in [0.2, 0.25) is 0 Å². The molecular formula is C27H24N2O6. The van der Waals surface area contributed by atoms with E-state index in [2.05, 4.69) is 11.4 Å². The lowest BCUT2D eigenvalue weighted by molar-refractivity contribution is -0.123. The molecule has 1 saturated carbocycles. The first kappa shape index (κ1) is 22.7. The van der Waals surface area contributed by atoms with Gasteiger partial charge in [-0.25, -0.2) is 4.79 Å². The van der Waals surface area contributed by atoms with Crippen molar-refractivity contribution in [3.63, 3.8) is 0 Å². The zero-order chi connectivity index (χ0) is 24.9. The number of imide groups is 1. The number of allylic oxidation sites excluding steroid dienone is 2. The van der Waals surface area contributed by atoms with Crippen LogP contribution in [0.4, 0.5) is 11.4 Å². The summed E-state index contributed by atoms with van der Waals surface area (Å²) in [6, 6.07) is 12.4. The van der Waals surface area contributed by atoms with Crippen LogP contribution in [-0.2, 0) is 19.1 Å². The van der Waals surface area contributed by atoms with Gasteiger partial charge < -0.3 is 10.1 Å². The molecule has 0 radical (unpaired) electrons. The van der Waals surface area contributed by atoms with E-state index in [1.54, 1.807) is 36.4 Å². The van der Waals surface area contributed by atoms with Crippen molar-refractivity contribution in [3.05, 3.63) is 71.3 Å². The number of esters is 1. The molecule has 1 N–H and O–H groups in total. The zero-order valence-corrected chi connectivity index (χ0v) is 19.3. The van der Waals surface area contributed by atoms with E-state index < -0.39 is 18.5 Å². The minimum atomic E-state index is -0.701. The van der Waals surface area contributed by atoms with Crippen LogP contribution >= 0.6 is 0 Å². The summed E-state index contributed by atoms with van der Waals surface area (Å²) in [6.07, 6.45) is 2.99. The van der Waals surface area contributed by atoms with E-state index in [9.17, 15) is 24.0 Å². The molecule has 1 saturated heterocycles. The Kier molecular flexibility index (Phi) is 5.59. The highest BCUT2D eigenvalue weighted by atomic mass is 16.5. The Labute approximate surface area is 201 Å². The lowest BCUT2D eigenvalue weighted by Crippen LogP contribution is -2.33. The van der Waals surface area contributed by atoms with Crippen molar-refractivity contribution in [2.75, 3.05) is 16.8 Å². The molecule has 35 heavy (non-hydrogen) atoms. The first-order valence-electron chi connectivity index (χ1n) is 11.5. The number of anilines is 2. The van der Waals surface area contributed by atoms with Gasteiger partial charge in [0.15, 0.2) is 12.4 Å². The quantitative estimate of drug-likeness (QED) is 0.299. The van der Waals surface area contributed by atoms with Crippen LogP contribution in [0, 0.1) is 23.7 Å². The highest BCUT2D eigenvalue weighted by Gasteiger charge is 2.60. The molecule has 2 aliphatic carbocycles. The van der Waals surface area contributed by atoms with Crippen LogP contribution in [0.3, 0.4) is 0 Å². The van der Waals surface area contributed by atoms with Crippen molar-refractivity contribution >= 4 is 40.8 Å². The average molecular weight is 472 g/mol. The predicted octanol–water partition coefficient (Wildman–Crippen LogP) is 3.39. The van der Waals surface area contributed by atoms with Crippen LogP contribution in [0.15, 0.2) is 60.2 Å². The zero-order valence-electron chi connectivity index (χ0n) is 19.3. The third kappa shape index (κ3) is 3.95. The van der Waals surface area contributed by atoms with Crippen LogP contribution in [-0.4, -0.2) is 36.1 Å². The van der Waals surface area contributed by atoms with Crippen molar-refractivity contribution in [2.24, 2.45) is 23.7 Å². The number of ketones is 1. The number of Topliss-reactive ketones (excluding diaryl/α,β-unsaturated/α-hetero) is 1. The van der Waals surface area contributed by atoms with E-state index in [0.29, 0.717) is 16.9 Å². The van der Waals surface area contributed by atoms with E-state index in [1.807, 2.05) is 6.92 Å². The van der Waals surface area contributed by atoms with E-state index in [1.165, 1.54) is 29.5 Å². The smallest absolute Gasteiger partial charge is 0.338 e. The number of ether oxygens (including phenoxy) is 1. The maximum absolute atomic E-state index is 13.1. The van der Waals surface area contributed by atoms with Gasteiger partial charge in [-0.1, -0.05) is 11.6 Å². The fourth-order valence-electron chi connectivity index (χ4n) is 5.48. The Hall–Kier alpha value is -4.07. The highest BCUT2D eigenvalue weighted by molar-refractivity contribution is 6.23. The minimum Gasteiger partial charge on any atom is -0.452 e. The molecule has 3 amide bonds. The van der Waals surface area contributed by atoms with Gasteiger partial charge in [-0.05, 0) is 80.6 Å². The summed E-state index contributed by atoms with van der Waals surface area (Å²) in [5.41, 5.74) is 2.81. The fourth-order valence-corrected chi connectivity index (χ4v) is 5.48. The lowest BCUT2D eigenvalue weighted by atomic mass is 9.82. The molecule has 2 aromatic carbocycles. The summed E-state index contributed by atoms with van der Waals surface area (Å²) in [7, 11) is 0. The van der Waals surface area contributed by atoms with Crippen LogP contribution in [0.5, 0.6) is 0 Å². The number of nitrogens with zero attached hydrogens (tertiary/aromatic N) is 1. The van der Waals surface area contributed by atoms with Gasteiger partial charge in [0, 0.05) is 11.3 Å². The van der Waals surface area contributed by atoms with Gasteiger partial charge in [0.2, 0.25) is 11.8 Å². The molecule has 2 aromatic rings. The Morgan fingerprint density at radius 3 is 2.23 bits per heavy atom. The fraction of sp³-hybridized carbons (Fsp3) is 0.296. The number of amides is 3. The molecule has 2 bridgehead atoms. The molecule has 4 atom stereocenters. The highest BCUT2D eigenvalue weighted by Crippen LogP contribution is 2.55. The largest absolute Gasteiger partial charge is 0.452 e. The summed E-state index contributed by atoms with van der Waals surface area (Å²) in [5.74, 6) is -1.99. The SMILES string of the molecule is CC(=O)c1ccc(NC(=O)COC(=O)c2ccc(N3C(=O)[C@@H]4[C@@H](C3=O)[C@H]3C=C(C)[C@H]4C3)cc2)cc1. The van der Waals surface area contributed by atoms with Gasteiger partial charge in [-0.3, -0.25) is 24.1 Å². The molecule has 2 fully saturated rings. The number of carbonyl (C=O) groups is 5. The number of hydrogen-bond donors (Lipinski definition) is 1. The molecule has 0 spiro atoms.